The van der Waals surface area contributed by atoms with Crippen molar-refractivity contribution < 1.29 is 17.9 Å². The number of rotatable bonds is 4. The number of amides is 1. The third kappa shape index (κ3) is 3.85. The molecule has 2 aromatic carbocycles. The van der Waals surface area contributed by atoms with Crippen LogP contribution in [0.5, 0.6) is 5.75 Å². The Morgan fingerprint density at radius 3 is 2.59 bits per heavy atom. The van der Waals surface area contributed by atoms with Crippen molar-refractivity contribution >= 4 is 27.5 Å². The number of carbonyl (C=O) groups is 1. The highest BCUT2D eigenvalue weighted by Crippen LogP contribution is 2.30. The number of para-hydroxylation sites is 2. The van der Waals surface area contributed by atoms with Gasteiger partial charge >= 0.3 is 0 Å². The number of fused-ring (bicyclic) bond motifs is 1. The Labute approximate surface area is 170 Å². The van der Waals surface area contributed by atoms with E-state index in [0.29, 0.717) is 55.4 Å². The van der Waals surface area contributed by atoms with Crippen LogP contribution in [-0.4, -0.2) is 44.8 Å². The lowest BCUT2D eigenvalue weighted by Crippen LogP contribution is -2.41. The minimum absolute atomic E-state index is 0.0433. The van der Waals surface area contributed by atoms with E-state index < -0.39 is 10.0 Å². The molecule has 0 saturated carbocycles. The van der Waals surface area contributed by atoms with Gasteiger partial charge in [0, 0.05) is 24.6 Å². The van der Waals surface area contributed by atoms with Crippen molar-refractivity contribution in [3.63, 3.8) is 0 Å². The number of hydrogen-bond acceptors (Lipinski definition) is 5. The first kappa shape index (κ1) is 19.4. The molecular weight excluding hydrogens is 390 g/mol. The molecule has 2 aliphatic heterocycles. The van der Waals surface area contributed by atoms with E-state index in [4.69, 9.17) is 4.74 Å². The highest BCUT2D eigenvalue weighted by Gasteiger charge is 2.34. The van der Waals surface area contributed by atoms with Crippen LogP contribution in [0.1, 0.15) is 25.3 Å². The van der Waals surface area contributed by atoms with Gasteiger partial charge in [0.1, 0.15) is 10.6 Å². The molecule has 0 spiro atoms. The summed E-state index contributed by atoms with van der Waals surface area (Å²) >= 11 is 0. The zero-order valence-electron chi connectivity index (χ0n) is 16.2. The van der Waals surface area contributed by atoms with E-state index in [1.54, 1.807) is 18.2 Å². The molecule has 0 atom stereocenters. The number of sulfonamides is 1. The van der Waals surface area contributed by atoms with Crippen molar-refractivity contribution in [2.75, 3.05) is 25.0 Å². The Hall–Kier alpha value is -2.87. The van der Waals surface area contributed by atoms with Gasteiger partial charge in [-0.3, -0.25) is 4.79 Å². The van der Waals surface area contributed by atoms with Crippen LogP contribution in [-0.2, 0) is 14.8 Å². The number of benzene rings is 2. The summed E-state index contributed by atoms with van der Waals surface area (Å²) in [5.41, 5.74) is 1.31. The molecule has 1 fully saturated rings. The Morgan fingerprint density at radius 1 is 1.14 bits per heavy atom. The molecule has 2 aromatic rings. The van der Waals surface area contributed by atoms with Crippen molar-refractivity contribution in [3.8, 4) is 5.75 Å². The maximum Gasteiger partial charge on any atom is 0.285 e. The van der Waals surface area contributed by atoms with Crippen molar-refractivity contribution in [3.05, 3.63) is 54.1 Å². The minimum Gasteiger partial charge on any atom is -0.492 e. The fraction of sp³-hybridized carbons (Fsp3) is 0.333. The van der Waals surface area contributed by atoms with Gasteiger partial charge in [-0.2, -0.15) is 8.42 Å². The molecule has 152 valence electrons. The number of carbonyl (C=O) groups excluding carboxylic acids is 1. The molecule has 0 bridgehead atoms. The lowest BCUT2D eigenvalue weighted by molar-refractivity contribution is -0.121. The number of likely N-dealkylation sites (tertiary alicyclic amines) is 1. The lowest BCUT2D eigenvalue weighted by Gasteiger charge is -2.32. The van der Waals surface area contributed by atoms with Crippen molar-refractivity contribution in [2.45, 2.75) is 24.7 Å². The number of anilines is 1. The van der Waals surface area contributed by atoms with Crippen molar-refractivity contribution in [1.82, 2.24) is 4.90 Å². The fourth-order valence-electron chi connectivity index (χ4n) is 3.76. The minimum atomic E-state index is -3.63. The first-order valence-electron chi connectivity index (χ1n) is 9.71. The first-order chi connectivity index (χ1) is 14.0. The molecule has 2 heterocycles. The maximum atomic E-state index is 12.7. The second-order valence-corrected chi connectivity index (χ2v) is 8.64. The van der Waals surface area contributed by atoms with Gasteiger partial charge in [0.05, 0.1) is 12.3 Å². The van der Waals surface area contributed by atoms with Crippen molar-refractivity contribution in [2.24, 2.45) is 10.3 Å². The third-order valence-electron chi connectivity index (χ3n) is 5.22. The largest absolute Gasteiger partial charge is 0.492 e. The average molecular weight is 413 g/mol. The summed E-state index contributed by atoms with van der Waals surface area (Å²) in [6.07, 6.45) is 1.26. The van der Waals surface area contributed by atoms with E-state index in [-0.39, 0.29) is 16.7 Å². The molecule has 0 radical (unpaired) electrons. The molecule has 4 rings (SSSR count). The summed E-state index contributed by atoms with van der Waals surface area (Å²) in [5.74, 6) is 0.956. The Kier molecular flexibility index (Phi) is 5.27. The Bertz CT molecular complexity index is 1060. The monoisotopic (exact) mass is 413 g/mol. The number of piperidine rings is 1. The molecule has 8 heteroatoms. The van der Waals surface area contributed by atoms with Gasteiger partial charge in [-0.15, -0.1) is 4.40 Å². The van der Waals surface area contributed by atoms with Crippen LogP contribution < -0.4 is 10.1 Å². The number of ether oxygens (including phenoxy) is 1. The summed E-state index contributed by atoms with van der Waals surface area (Å²) in [4.78, 5) is 15.0. The zero-order valence-corrected chi connectivity index (χ0v) is 17.0. The highest BCUT2D eigenvalue weighted by molar-refractivity contribution is 7.90. The van der Waals surface area contributed by atoms with Gasteiger partial charge in [0.15, 0.2) is 5.84 Å². The summed E-state index contributed by atoms with van der Waals surface area (Å²) in [7, 11) is -3.63. The molecule has 1 amide bonds. The van der Waals surface area contributed by atoms with E-state index in [9.17, 15) is 13.2 Å². The van der Waals surface area contributed by atoms with Crippen LogP contribution in [0.15, 0.2) is 57.8 Å². The normalized spacial score (nSPS) is 18.1. The second-order valence-electron chi connectivity index (χ2n) is 7.07. The molecular formula is C21H23N3O4S. The predicted octanol–water partition coefficient (Wildman–Crippen LogP) is 2.88. The summed E-state index contributed by atoms with van der Waals surface area (Å²) < 4.78 is 34.1. The molecule has 0 aliphatic carbocycles. The van der Waals surface area contributed by atoms with Crippen LogP contribution in [0.3, 0.4) is 0 Å². The third-order valence-corrected chi connectivity index (χ3v) is 6.55. The van der Waals surface area contributed by atoms with E-state index in [1.165, 1.54) is 0 Å². The van der Waals surface area contributed by atoms with Crippen LogP contribution in [0, 0.1) is 5.92 Å². The van der Waals surface area contributed by atoms with Gasteiger partial charge in [0.25, 0.3) is 10.0 Å². The van der Waals surface area contributed by atoms with Crippen LogP contribution in [0.25, 0.3) is 0 Å². The Morgan fingerprint density at radius 2 is 1.83 bits per heavy atom. The molecule has 29 heavy (non-hydrogen) atoms. The van der Waals surface area contributed by atoms with Crippen LogP contribution in [0.4, 0.5) is 5.69 Å². The summed E-state index contributed by atoms with van der Waals surface area (Å²) in [5, 5.41) is 2.97. The molecule has 7 nitrogen and oxygen atoms in total. The lowest BCUT2D eigenvalue weighted by atomic mass is 9.95. The van der Waals surface area contributed by atoms with Crippen LogP contribution in [0.2, 0.25) is 0 Å². The average Bonchev–Trinajstić information content (AvgIpc) is 3.01. The SMILES string of the molecule is CCOc1ccccc1NC(=O)C1CCN(C2=NS(=O)(=O)c3ccccc32)CC1. The fourth-order valence-corrected chi connectivity index (χ4v) is 4.98. The van der Waals surface area contributed by atoms with Gasteiger partial charge < -0.3 is 15.0 Å². The smallest absolute Gasteiger partial charge is 0.285 e. The van der Waals surface area contributed by atoms with E-state index in [1.807, 2.05) is 42.2 Å². The maximum absolute atomic E-state index is 12.7. The standard InChI is InChI=1S/C21H23N3O4S/c1-2-28-18-9-5-4-8-17(18)22-21(25)15-11-13-24(14-12-15)20-16-7-3-6-10-19(16)29(26,27)23-20/h3-10,15H,2,11-14H2,1H3,(H,22,25). The number of nitrogens with one attached hydrogen (secondary N) is 1. The van der Waals surface area contributed by atoms with E-state index in [0.717, 1.165) is 0 Å². The zero-order chi connectivity index (χ0) is 20.4. The number of amidine groups is 1. The summed E-state index contributed by atoms with van der Waals surface area (Å²) in [6, 6.07) is 14.3. The van der Waals surface area contributed by atoms with Crippen LogP contribution >= 0.6 is 0 Å². The molecule has 2 aliphatic rings. The van der Waals surface area contributed by atoms with Gasteiger partial charge in [-0.05, 0) is 44.0 Å². The van der Waals surface area contributed by atoms with E-state index >= 15 is 0 Å². The Balaban J connectivity index is 1.42. The van der Waals surface area contributed by atoms with Gasteiger partial charge in [0.2, 0.25) is 5.91 Å². The molecule has 0 aromatic heterocycles. The predicted molar refractivity (Wildman–Crippen MR) is 111 cm³/mol. The topological polar surface area (TPSA) is 88.1 Å². The summed E-state index contributed by atoms with van der Waals surface area (Å²) in [6.45, 7) is 3.58. The number of nitrogens with zero attached hydrogens (tertiary/aromatic N) is 2. The number of hydrogen-bond donors (Lipinski definition) is 1. The molecule has 1 saturated heterocycles. The molecule has 0 unspecified atom stereocenters. The first-order valence-corrected chi connectivity index (χ1v) is 11.2. The highest BCUT2D eigenvalue weighted by atomic mass is 32.2. The second kappa shape index (κ2) is 7.87. The van der Waals surface area contributed by atoms with Crippen molar-refractivity contribution in [1.29, 1.82) is 0 Å². The molecule has 1 N–H and O–H groups in total. The quantitative estimate of drug-likeness (QED) is 0.833. The van der Waals surface area contributed by atoms with E-state index in [2.05, 4.69) is 9.71 Å². The van der Waals surface area contributed by atoms with Gasteiger partial charge in [-0.25, -0.2) is 0 Å². The van der Waals surface area contributed by atoms with Gasteiger partial charge in [-0.1, -0.05) is 24.3 Å².